The molecule has 0 bridgehead atoms. The number of hydrogen-bond donors (Lipinski definition) is 1. The first-order chi connectivity index (χ1) is 11.5. The smallest absolute Gasteiger partial charge is 0.235 e. The number of carbonyl (C=O) groups excluding carboxylic acids is 2. The maximum Gasteiger partial charge on any atom is 0.235 e. The summed E-state index contributed by atoms with van der Waals surface area (Å²) in [5.41, 5.74) is 1.96. The Balaban J connectivity index is 1.80. The number of hydrogen-bond acceptors (Lipinski definition) is 3. The second-order valence-electron chi connectivity index (χ2n) is 6.43. The average molecular weight is 349 g/mol. The van der Waals surface area contributed by atoms with E-state index in [2.05, 4.69) is 5.32 Å². The molecule has 4 nitrogen and oxygen atoms in total. The fourth-order valence-electron chi connectivity index (χ4n) is 3.15. The second-order valence-corrected chi connectivity index (χ2v) is 7.76. The van der Waals surface area contributed by atoms with Crippen LogP contribution in [0.3, 0.4) is 0 Å². The number of nitrogens with one attached hydrogen (secondary N) is 1. The lowest BCUT2D eigenvalue weighted by Gasteiger charge is -2.30. The minimum absolute atomic E-state index is 0.0626. The number of anilines is 1. The average Bonchev–Trinajstić information content (AvgIpc) is 3.09. The molecule has 0 radical (unpaired) electrons. The Labute approximate surface area is 149 Å². The van der Waals surface area contributed by atoms with E-state index in [0.29, 0.717) is 11.8 Å². The van der Waals surface area contributed by atoms with Gasteiger partial charge >= 0.3 is 0 Å². The fourth-order valence-corrected chi connectivity index (χ4v) is 3.90. The highest BCUT2D eigenvalue weighted by Crippen LogP contribution is 2.25. The van der Waals surface area contributed by atoms with E-state index in [1.54, 1.807) is 0 Å². The van der Waals surface area contributed by atoms with Crippen molar-refractivity contribution in [2.45, 2.75) is 57.7 Å². The van der Waals surface area contributed by atoms with Crippen molar-refractivity contribution in [1.82, 2.24) is 4.90 Å². The molecular weight excluding hydrogens is 320 g/mol. The van der Waals surface area contributed by atoms with Gasteiger partial charge in [0.05, 0.1) is 11.0 Å². The summed E-state index contributed by atoms with van der Waals surface area (Å²) < 4.78 is 0. The molecule has 1 saturated carbocycles. The van der Waals surface area contributed by atoms with Gasteiger partial charge in [0.25, 0.3) is 0 Å². The Hall–Kier alpha value is -1.49. The van der Waals surface area contributed by atoms with E-state index in [0.717, 1.165) is 30.6 Å². The van der Waals surface area contributed by atoms with E-state index >= 15 is 0 Å². The zero-order valence-corrected chi connectivity index (χ0v) is 15.7. The monoisotopic (exact) mass is 348 g/mol. The molecule has 1 atom stereocenters. The van der Waals surface area contributed by atoms with Crippen molar-refractivity contribution >= 4 is 29.3 Å². The highest BCUT2D eigenvalue weighted by Gasteiger charge is 2.28. The summed E-state index contributed by atoms with van der Waals surface area (Å²) in [5, 5.41) is 2.69. The molecule has 1 aliphatic carbocycles. The third kappa shape index (κ3) is 5.26. The molecule has 5 heteroatoms. The van der Waals surface area contributed by atoms with Crippen LogP contribution in [-0.2, 0) is 9.59 Å². The molecule has 2 amide bonds. The number of carbonyl (C=O) groups is 2. The van der Waals surface area contributed by atoms with Gasteiger partial charge in [0.15, 0.2) is 0 Å². The minimum atomic E-state index is -0.186. The lowest BCUT2D eigenvalue weighted by molar-refractivity contribution is -0.132. The van der Waals surface area contributed by atoms with Gasteiger partial charge in [-0.3, -0.25) is 9.59 Å². The first-order valence-electron chi connectivity index (χ1n) is 8.80. The van der Waals surface area contributed by atoms with Crippen molar-refractivity contribution in [2.24, 2.45) is 0 Å². The van der Waals surface area contributed by atoms with Crippen LogP contribution in [0.25, 0.3) is 0 Å². The number of benzene rings is 1. The summed E-state index contributed by atoms with van der Waals surface area (Å²) in [6, 6.07) is 8.12. The maximum atomic E-state index is 12.6. The first-order valence-corrected chi connectivity index (χ1v) is 9.84. The standard InChI is InChI=1S/C19H28N2O2S/c1-4-21(17-7-5-6-8-17)19(23)15(3)24-13-18(22)20-16-11-9-14(2)10-12-16/h9-12,15,17H,4-8,13H2,1-3H3,(H,20,22). The van der Waals surface area contributed by atoms with E-state index in [4.69, 9.17) is 0 Å². The predicted molar refractivity (Wildman–Crippen MR) is 101 cm³/mol. The van der Waals surface area contributed by atoms with Gasteiger partial charge in [-0.05, 0) is 45.7 Å². The molecule has 0 heterocycles. The number of aryl methyl sites for hydroxylation is 1. The van der Waals surface area contributed by atoms with Crippen LogP contribution in [0, 0.1) is 6.92 Å². The molecule has 132 valence electrons. The van der Waals surface area contributed by atoms with Crippen molar-refractivity contribution in [3.05, 3.63) is 29.8 Å². The van der Waals surface area contributed by atoms with Crippen molar-refractivity contribution in [1.29, 1.82) is 0 Å². The molecular formula is C19H28N2O2S. The molecule has 0 aromatic heterocycles. The van der Waals surface area contributed by atoms with E-state index in [9.17, 15) is 9.59 Å². The van der Waals surface area contributed by atoms with Gasteiger partial charge in [-0.1, -0.05) is 30.5 Å². The molecule has 1 fully saturated rings. The highest BCUT2D eigenvalue weighted by atomic mass is 32.2. The van der Waals surface area contributed by atoms with Gasteiger partial charge in [-0.25, -0.2) is 0 Å². The van der Waals surface area contributed by atoms with Crippen LogP contribution in [0.5, 0.6) is 0 Å². The highest BCUT2D eigenvalue weighted by molar-refractivity contribution is 8.01. The zero-order valence-electron chi connectivity index (χ0n) is 14.9. The maximum absolute atomic E-state index is 12.6. The molecule has 1 N–H and O–H groups in total. The molecule has 1 aromatic carbocycles. The van der Waals surface area contributed by atoms with Crippen molar-refractivity contribution in [3.63, 3.8) is 0 Å². The van der Waals surface area contributed by atoms with E-state index in [-0.39, 0.29) is 17.1 Å². The minimum Gasteiger partial charge on any atom is -0.339 e. The summed E-state index contributed by atoms with van der Waals surface area (Å²) in [5.74, 6) is 0.396. The van der Waals surface area contributed by atoms with Crippen LogP contribution < -0.4 is 5.32 Å². The Morgan fingerprint density at radius 1 is 1.25 bits per heavy atom. The quantitative estimate of drug-likeness (QED) is 0.814. The van der Waals surface area contributed by atoms with Crippen molar-refractivity contribution < 1.29 is 9.59 Å². The largest absolute Gasteiger partial charge is 0.339 e. The van der Waals surface area contributed by atoms with Gasteiger partial charge in [0, 0.05) is 18.3 Å². The zero-order chi connectivity index (χ0) is 17.5. The Kier molecular flexibility index (Phi) is 7.16. The van der Waals surface area contributed by atoms with Gasteiger partial charge < -0.3 is 10.2 Å². The Morgan fingerprint density at radius 2 is 1.88 bits per heavy atom. The van der Waals surface area contributed by atoms with Crippen LogP contribution in [0.2, 0.25) is 0 Å². The SMILES string of the molecule is CCN(C(=O)C(C)SCC(=O)Nc1ccc(C)cc1)C1CCCC1. The molecule has 1 unspecified atom stereocenters. The van der Waals surface area contributed by atoms with Crippen molar-refractivity contribution in [3.8, 4) is 0 Å². The topological polar surface area (TPSA) is 49.4 Å². The normalized spacial score (nSPS) is 16.0. The third-order valence-corrected chi connectivity index (χ3v) is 5.67. The van der Waals surface area contributed by atoms with E-state index in [1.165, 1.54) is 24.6 Å². The molecule has 1 aromatic rings. The summed E-state index contributed by atoms with van der Waals surface area (Å²) in [7, 11) is 0. The lowest BCUT2D eigenvalue weighted by Crippen LogP contribution is -2.43. The van der Waals surface area contributed by atoms with Gasteiger partial charge in [-0.15, -0.1) is 11.8 Å². The Bertz CT molecular complexity index is 553. The van der Waals surface area contributed by atoms with Crippen LogP contribution in [0.1, 0.15) is 45.1 Å². The lowest BCUT2D eigenvalue weighted by atomic mass is 10.2. The third-order valence-electron chi connectivity index (χ3n) is 4.54. The fraction of sp³-hybridized carbons (Fsp3) is 0.579. The van der Waals surface area contributed by atoms with Gasteiger partial charge in [0.2, 0.25) is 11.8 Å². The number of rotatable bonds is 7. The first kappa shape index (κ1) is 18.8. The molecule has 24 heavy (non-hydrogen) atoms. The summed E-state index contributed by atoms with van der Waals surface area (Å²) >= 11 is 1.41. The molecule has 0 spiro atoms. The van der Waals surface area contributed by atoms with E-state index < -0.39 is 0 Å². The van der Waals surface area contributed by atoms with Crippen molar-refractivity contribution in [2.75, 3.05) is 17.6 Å². The Morgan fingerprint density at radius 3 is 2.46 bits per heavy atom. The number of thioether (sulfide) groups is 1. The molecule has 1 aliphatic rings. The summed E-state index contributed by atoms with van der Waals surface area (Å²) in [6.07, 6.45) is 4.67. The predicted octanol–water partition coefficient (Wildman–Crippen LogP) is 3.85. The van der Waals surface area contributed by atoms with Crippen LogP contribution in [0.4, 0.5) is 5.69 Å². The van der Waals surface area contributed by atoms with Crippen LogP contribution in [-0.4, -0.2) is 40.3 Å². The molecule has 2 rings (SSSR count). The van der Waals surface area contributed by atoms with E-state index in [1.807, 2.05) is 49.9 Å². The van der Waals surface area contributed by atoms with Crippen LogP contribution in [0.15, 0.2) is 24.3 Å². The summed E-state index contributed by atoms with van der Waals surface area (Å²) in [4.78, 5) is 26.7. The van der Waals surface area contributed by atoms with Crippen LogP contribution >= 0.6 is 11.8 Å². The summed E-state index contributed by atoms with van der Waals surface area (Å²) in [6.45, 7) is 6.71. The molecule has 0 saturated heterocycles. The second kappa shape index (κ2) is 9.11. The number of amides is 2. The number of nitrogens with zero attached hydrogens (tertiary/aromatic N) is 1. The molecule has 0 aliphatic heterocycles. The van der Waals surface area contributed by atoms with Gasteiger partial charge in [-0.2, -0.15) is 0 Å². The van der Waals surface area contributed by atoms with Gasteiger partial charge in [0.1, 0.15) is 0 Å².